The van der Waals surface area contributed by atoms with E-state index >= 15 is 0 Å². The lowest BCUT2D eigenvalue weighted by atomic mass is 10.1. The van der Waals surface area contributed by atoms with Crippen molar-refractivity contribution in [2.24, 2.45) is 5.92 Å². The maximum Gasteiger partial charge on any atom is 0.251 e. The number of carbonyl (C=O) groups is 1. The zero-order chi connectivity index (χ0) is 13.1. The van der Waals surface area contributed by atoms with Gasteiger partial charge in [-0.15, -0.1) is 12.6 Å². The summed E-state index contributed by atoms with van der Waals surface area (Å²) in [4.78, 5) is 12.0. The van der Waals surface area contributed by atoms with Crippen molar-refractivity contribution in [1.82, 2.24) is 5.32 Å². The van der Waals surface area contributed by atoms with Crippen LogP contribution < -0.4 is 5.32 Å². The summed E-state index contributed by atoms with van der Waals surface area (Å²) in [5, 5.41) is 12.4. The minimum Gasteiger partial charge on any atom is -0.393 e. The number of aliphatic hydroxyl groups excluding tert-OH is 1. The predicted octanol–water partition coefficient (Wildman–Crippen LogP) is 2.01. The molecule has 1 saturated carbocycles. The van der Waals surface area contributed by atoms with E-state index in [2.05, 4.69) is 17.9 Å². The molecule has 18 heavy (non-hydrogen) atoms. The van der Waals surface area contributed by atoms with Gasteiger partial charge in [0.2, 0.25) is 0 Å². The number of hydrogen-bond acceptors (Lipinski definition) is 3. The van der Waals surface area contributed by atoms with E-state index < -0.39 is 5.82 Å². The molecule has 1 fully saturated rings. The Kier molecular flexibility index (Phi) is 4.24. The first-order valence-corrected chi connectivity index (χ1v) is 6.47. The van der Waals surface area contributed by atoms with E-state index in [4.69, 9.17) is 0 Å². The minimum atomic E-state index is -0.443. The molecule has 2 atom stereocenters. The van der Waals surface area contributed by atoms with Gasteiger partial charge in [-0.25, -0.2) is 4.39 Å². The number of carbonyl (C=O) groups excluding carboxylic acids is 1. The van der Waals surface area contributed by atoms with Crippen LogP contribution in [0.5, 0.6) is 0 Å². The van der Waals surface area contributed by atoms with Crippen LogP contribution in [0.15, 0.2) is 23.1 Å². The summed E-state index contributed by atoms with van der Waals surface area (Å²) in [5.74, 6) is -0.574. The second kappa shape index (κ2) is 5.71. The molecule has 0 spiro atoms. The Morgan fingerprint density at radius 1 is 1.50 bits per heavy atom. The molecule has 2 rings (SSSR count). The number of amides is 1. The van der Waals surface area contributed by atoms with Gasteiger partial charge in [0.15, 0.2) is 0 Å². The Bertz CT molecular complexity index is 453. The van der Waals surface area contributed by atoms with Crippen LogP contribution in [0.4, 0.5) is 4.39 Å². The number of aliphatic hydroxyl groups is 1. The summed E-state index contributed by atoms with van der Waals surface area (Å²) in [6.45, 7) is 0.458. The first-order valence-electron chi connectivity index (χ1n) is 6.02. The average Bonchev–Trinajstić information content (AvgIpc) is 2.75. The highest BCUT2D eigenvalue weighted by Gasteiger charge is 2.25. The van der Waals surface area contributed by atoms with Crippen LogP contribution in [-0.4, -0.2) is 23.7 Å². The number of halogens is 1. The normalized spacial score (nSPS) is 23.1. The molecule has 0 aromatic heterocycles. The molecule has 1 aromatic carbocycles. The molecular formula is C13H16FNO2S. The molecule has 1 aliphatic carbocycles. The SMILES string of the molecule is O=C(NCC1CCCC1O)c1ccc(F)c(S)c1. The highest BCUT2D eigenvalue weighted by atomic mass is 32.1. The molecule has 98 valence electrons. The Morgan fingerprint density at radius 2 is 2.28 bits per heavy atom. The highest BCUT2D eigenvalue weighted by Crippen LogP contribution is 2.24. The van der Waals surface area contributed by atoms with Crippen LogP contribution in [0, 0.1) is 11.7 Å². The maximum atomic E-state index is 13.0. The van der Waals surface area contributed by atoms with Crippen LogP contribution in [0.2, 0.25) is 0 Å². The van der Waals surface area contributed by atoms with E-state index in [9.17, 15) is 14.3 Å². The number of benzene rings is 1. The summed E-state index contributed by atoms with van der Waals surface area (Å²) >= 11 is 3.94. The predicted molar refractivity (Wildman–Crippen MR) is 69.3 cm³/mol. The molecule has 2 N–H and O–H groups in total. The quantitative estimate of drug-likeness (QED) is 0.735. The van der Waals surface area contributed by atoms with Gasteiger partial charge in [0, 0.05) is 22.9 Å². The number of rotatable bonds is 3. The first-order chi connectivity index (χ1) is 8.58. The Labute approximate surface area is 111 Å². The average molecular weight is 269 g/mol. The molecular weight excluding hydrogens is 253 g/mol. The molecule has 0 aliphatic heterocycles. The van der Waals surface area contributed by atoms with Crippen LogP contribution in [0.25, 0.3) is 0 Å². The van der Waals surface area contributed by atoms with Gasteiger partial charge >= 0.3 is 0 Å². The number of hydrogen-bond donors (Lipinski definition) is 3. The van der Waals surface area contributed by atoms with E-state index in [1.165, 1.54) is 18.2 Å². The third kappa shape index (κ3) is 3.03. The fourth-order valence-corrected chi connectivity index (χ4v) is 2.45. The molecule has 0 heterocycles. The van der Waals surface area contributed by atoms with Crippen molar-refractivity contribution in [2.45, 2.75) is 30.3 Å². The third-order valence-corrected chi connectivity index (χ3v) is 3.69. The molecule has 1 amide bonds. The molecule has 1 aromatic rings. The van der Waals surface area contributed by atoms with Gasteiger partial charge in [-0.05, 0) is 31.0 Å². The molecule has 2 unspecified atom stereocenters. The second-order valence-corrected chi connectivity index (χ2v) is 5.12. The largest absolute Gasteiger partial charge is 0.393 e. The Morgan fingerprint density at radius 3 is 2.89 bits per heavy atom. The molecule has 0 bridgehead atoms. The van der Waals surface area contributed by atoms with E-state index in [1.807, 2.05) is 0 Å². The van der Waals surface area contributed by atoms with Gasteiger partial charge in [0.25, 0.3) is 5.91 Å². The first kappa shape index (κ1) is 13.4. The molecule has 0 saturated heterocycles. The van der Waals surface area contributed by atoms with Gasteiger partial charge in [-0.2, -0.15) is 0 Å². The van der Waals surface area contributed by atoms with Crippen molar-refractivity contribution in [3.05, 3.63) is 29.6 Å². The van der Waals surface area contributed by atoms with E-state index in [0.29, 0.717) is 12.1 Å². The molecule has 0 radical (unpaired) electrons. The van der Waals surface area contributed by atoms with Gasteiger partial charge in [0.1, 0.15) is 5.82 Å². The number of thiol groups is 1. The molecule has 5 heteroatoms. The lowest BCUT2D eigenvalue weighted by Crippen LogP contribution is -2.32. The summed E-state index contributed by atoms with van der Waals surface area (Å²) in [6.07, 6.45) is 2.42. The second-order valence-electron chi connectivity index (χ2n) is 4.63. The molecule has 3 nitrogen and oxygen atoms in total. The highest BCUT2D eigenvalue weighted by molar-refractivity contribution is 7.80. The summed E-state index contributed by atoms with van der Waals surface area (Å²) < 4.78 is 13.0. The van der Waals surface area contributed by atoms with Crippen LogP contribution in [-0.2, 0) is 0 Å². The van der Waals surface area contributed by atoms with Gasteiger partial charge in [-0.3, -0.25) is 4.79 Å². The van der Waals surface area contributed by atoms with E-state index in [0.717, 1.165) is 19.3 Å². The van der Waals surface area contributed by atoms with Gasteiger partial charge in [0.05, 0.1) is 6.10 Å². The molecule has 1 aliphatic rings. The maximum absolute atomic E-state index is 13.0. The standard InChI is InChI=1S/C13H16FNO2S/c14-10-5-4-8(6-12(10)18)13(17)15-7-9-2-1-3-11(9)16/h4-6,9,11,16,18H,1-3,7H2,(H,15,17). The van der Waals surface area contributed by atoms with E-state index in [-0.39, 0.29) is 22.8 Å². The Hall–Kier alpha value is -1.07. The monoisotopic (exact) mass is 269 g/mol. The zero-order valence-corrected chi connectivity index (χ0v) is 10.8. The van der Waals surface area contributed by atoms with Gasteiger partial charge < -0.3 is 10.4 Å². The summed E-state index contributed by atoms with van der Waals surface area (Å²) in [6, 6.07) is 4.05. The van der Waals surface area contributed by atoms with E-state index in [1.54, 1.807) is 0 Å². The van der Waals surface area contributed by atoms with Gasteiger partial charge in [-0.1, -0.05) is 6.42 Å². The van der Waals surface area contributed by atoms with Crippen molar-refractivity contribution in [2.75, 3.05) is 6.54 Å². The Balaban J connectivity index is 1.93. The fourth-order valence-electron chi connectivity index (χ4n) is 2.24. The summed E-state index contributed by atoms with van der Waals surface area (Å²) in [7, 11) is 0. The topological polar surface area (TPSA) is 49.3 Å². The van der Waals surface area contributed by atoms with Crippen molar-refractivity contribution in [3.8, 4) is 0 Å². The van der Waals surface area contributed by atoms with Crippen molar-refractivity contribution in [1.29, 1.82) is 0 Å². The minimum absolute atomic E-state index is 0.130. The zero-order valence-electron chi connectivity index (χ0n) is 9.90. The van der Waals surface area contributed by atoms with Crippen molar-refractivity contribution < 1.29 is 14.3 Å². The van der Waals surface area contributed by atoms with Crippen molar-refractivity contribution >= 4 is 18.5 Å². The van der Waals surface area contributed by atoms with Crippen LogP contribution in [0.1, 0.15) is 29.6 Å². The third-order valence-electron chi connectivity index (χ3n) is 3.35. The smallest absolute Gasteiger partial charge is 0.251 e. The number of nitrogens with one attached hydrogen (secondary N) is 1. The van der Waals surface area contributed by atoms with Crippen molar-refractivity contribution in [3.63, 3.8) is 0 Å². The summed E-state index contributed by atoms with van der Waals surface area (Å²) in [5.41, 5.74) is 0.383. The van der Waals surface area contributed by atoms with Crippen LogP contribution in [0.3, 0.4) is 0 Å². The fraction of sp³-hybridized carbons (Fsp3) is 0.462. The van der Waals surface area contributed by atoms with Crippen LogP contribution >= 0.6 is 12.6 Å². The lowest BCUT2D eigenvalue weighted by molar-refractivity contribution is 0.0916. The lowest BCUT2D eigenvalue weighted by Gasteiger charge is -2.15.